The van der Waals surface area contributed by atoms with Crippen LogP contribution < -0.4 is 15.8 Å². The summed E-state index contributed by atoms with van der Waals surface area (Å²) < 4.78 is 15.5. The molecule has 0 radical (unpaired) electrons. The van der Waals surface area contributed by atoms with Crippen LogP contribution in [-0.2, 0) is 16.8 Å². The Morgan fingerprint density at radius 3 is 2.83 bits per heavy atom. The largest absolute Gasteiger partial charge is 0.398 e. The molecule has 178 valence electrons. The Balaban J connectivity index is 1.51. The number of amides is 1. The second-order valence-electron chi connectivity index (χ2n) is 8.40. The molecular formula is C24H21ClFN6O3+. The number of aromatic amines is 1. The second-order valence-corrected chi connectivity index (χ2v) is 8.84. The Kier molecular flexibility index (Phi) is 5.42. The van der Waals surface area contributed by atoms with Gasteiger partial charge in [0, 0.05) is 33.5 Å². The molecule has 3 aromatic heterocycles. The average molecular weight is 496 g/mol. The minimum Gasteiger partial charge on any atom is -0.398 e. The van der Waals surface area contributed by atoms with Crippen molar-refractivity contribution in [1.29, 1.82) is 0 Å². The SMILES string of the molecule is CC(=O)Nc1ccc(-c2cnc(C3(O)CCc4cc(-c5cc(Cl)ccc5N)c[n+](O)c43)[nH]2)c(F)n1. The molecule has 1 aliphatic carbocycles. The summed E-state index contributed by atoms with van der Waals surface area (Å²) in [5.74, 6) is -0.950. The molecule has 5 rings (SSSR count). The van der Waals surface area contributed by atoms with Gasteiger partial charge in [-0.1, -0.05) is 11.6 Å². The fourth-order valence-electron chi connectivity index (χ4n) is 4.43. The van der Waals surface area contributed by atoms with Crippen LogP contribution in [0.2, 0.25) is 5.02 Å². The second kappa shape index (κ2) is 8.33. The molecule has 11 heteroatoms. The maximum atomic E-state index is 14.6. The topological polar surface area (TPSA) is 141 Å². The summed E-state index contributed by atoms with van der Waals surface area (Å²) in [6, 6.07) is 9.83. The normalized spacial score (nSPS) is 16.8. The highest BCUT2D eigenvalue weighted by atomic mass is 35.5. The fraction of sp³-hybridized carbons (Fsp3) is 0.167. The highest BCUT2D eigenvalue weighted by molar-refractivity contribution is 6.31. The quantitative estimate of drug-likeness (QED) is 0.127. The molecule has 35 heavy (non-hydrogen) atoms. The standard InChI is InChI=1S/C24H20ClFN6O3/c1-12(33)29-20-5-3-16(22(26)31-20)19-10-28-23(30-19)24(34)7-6-13-8-14(11-32(35)21(13)24)17-9-15(25)2-4-18(17)27/h2-5,8-11,34H,6-7,27H2,1H3,(H2-,28,29,30,31,33,35)/p+1. The number of fused-ring (bicyclic) bond motifs is 1. The molecule has 9 nitrogen and oxygen atoms in total. The van der Waals surface area contributed by atoms with Gasteiger partial charge in [-0.2, -0.15) is 4.39 Å². The first kappa shape index (κ1) is 22.8. The van der Waals surface area contributed by atoms with Crippen LogP contribution in [0.15, 0.2) is 48.8 Å². The number of imidazole rings is 1. The van der Waals surface area contributed by atoms with Crippen LogP contribution in [0.3, 0.4) is 0 Å². The fourth-order valence-corrected chi connectivity index (χ4v) is 4.60. The van der Waals surface area contributed by atoms with Crippen LogP contribution in [0, 0.1) is 5.95 Å². The molecule has 0 fully saturated rings. The number of nitrogens with zero attached hydrogens (tertiary/aromatic N) is 3. The van der Waals surface area contributed by atoms with E-state index in [-0.39, 0.29) is 40.9 Å². The Labute approximate surface area is 204 Å². The van der Waals surface area contributed by atoms with E-state index < -0.39 is 11.5 Å². The number of benzene rings is 1. The molecule has 1 amide bonds. The monoisotopic (exact) mass is 495 g/mol. The smallest absolute Gasteiger partial charge is 0.276 e. The number of pyridine rings is 2. The van der Waals surface area contributed by atoms with E-state index in [4.69, 9.17) is 17.3 Å². The molecule has 0 aliphatic heterocycles. The zero-order valence-corrected chi connectivity index (χ0v) is 19.3. The van der Waals surface area contributed by atoms with Gasteiger partial charge in [0.15, 0.2) is 0 Å². The number of H-pyrrole nitrogens is 1. The number of hydrogen-bond donors (Lipinski definition) is 5. The van der Waals surface area contributed by atoms with Crippen molar-refractivity contribution in [2.24, 2.45) is 0 Å². The van der Waals surface area contributed by atoms with E-state index in [1.165, 1.54) is 31.5 Å². The summed E-state index contributed by atoms with van der Waals surface area (Å²) in [4.78, 5) is 22.1. The van der Waals surface area contributed by atoms with Crippen molar-refractivity contribution in [3.63, 3.8) is 0 Å². The van der Waals surface area contributed by atoms with Gasteiger partial charge in [0.1, 0.15) is 11.6 Å². The first-order valence-corrected chi connectivity index (χ1v) is 11.1. The van der Waals surface area contributed by atoms with Crippen molar-refractivity contribution in [1.82, 2.24) is 15.0 Å². The van der Waals surface area contributed by atoms with Crippen molar-refractivity contribution in [3.05, 3.63) is 76.8 Å². The number of nitrogen functional groups attached to an aromatic ring is 1. The summed E-state index contributed by atoms with van der Waals surface area (Å²) in [5.41, 5.74) is 7.61. The van der Waals surface area contributed by atoms with Crippen molar-refractivity contribution in [3.8, 4) is 22.4 Å². The average Bonchev–Trinajstić information content (AvgIpc) is 3.41. The predicted molar refractivity (Wildman–Crippen MR) is 126 cm³/mol. The number of nitrogens with two attached hydrogens (primary N) is 1. The number of nitrogens with one attached hydrogen (secondary N) is 2. The van der Waals surface area contributed by atoms with Gasteiger partial charge in [0.05, 0.1) is 23.0 Å². The Morgan fingerprint density at radius 2 is 2.09 bits per heavy atom. The third kappa shape index (κ3) is 3.96. The number of hydrogen-bond acceptors (Lipinski definition) is 6. The number of aryl methyl sites for hydroxylation is 1. The number of halogens is 2. The van der Waals surface area contributed by atoms with Crippen LogP contribution in [0.25, 0.3) is 22.4 Å². The van der Waals surface area contributed by atoms with Crippen molar-refractivity contribution < 1.29 is 24.2 Å². The molecule has 0 saturated heterocycles. The molecular weight excluding hydrogens is 475 g/mol. The molecule has 0 saturated carbocycles. The van der Waals surface area contributed by atoms with Crippen LogP contribution in [0.1, 0.15) is 30.4 Å². The number of aromatic nitrogens is 4. The lowest BCUT2D eigenvalue weighted by Crippen LogP contribution is -2.44. The van der Waals surface area contributed by atoms with Gasteiger partial charge in [-0.15, -0.1) is 0 Å². The zero-order chi connectivity index (χ0) is 24.9. The summed E-state index contributed by atoms with van der Waals surface area (Å²) >= 11 is 6.12. The van der Waals surface area contributed by atoms with E-state index in [0.29, 0.717) is 33.8 Å². The van der Waals surface area contributed by atoms with Crippen LogP contribution in [0.4, 0.5) is 15.9 Å². The molecule has 1 unspecified atom stereocenters. The molecule has 1 atom stereocenters. The van der Waals surface area contributed by atoms with Crippen LogP contribution in [-0.4, -0.2) is 31.2 Å². The number of rotatable bonds is 4. The van der Waals surface area contributed by atoms with Crippen LogP contribution >= 0.6 is 11.6 Å². The zero-order valence-electron chi connectivity index (χ0n) is 18.5. The van der Waals surface area contributed by atoms with E-state index in [0.717, 1.165) is 4.73 Å². The minimum atomic E-state index is -1.64. The molecule has 6 N–H and O–H groups in total. The molecule has 3 heterocycles. The van der Waals surface area contributed by atoms with Gasteiger partial charge in [0.2, 0.25) is 23.7 Å². The highest BCUT2D eigenvalue weighted by Gasteiger charge is 2.50. The molecule has 4 aromatic rings. The maximum Gasteiger partial charge on any atom is 0.276 e. The Bertz CT molecular complexity index is 1490. The van der Waals surface area contributed by atoms with Crippen LogP contribution in [0.5, 0.6) is 0 Å². The lowest BCUT2D eigenvalue weighted by atomic mass is 9.98. The first-order chi connectivity index (χ1) is 16.7. The minimum absolute atomic E-state index is 0.0827. The van der Waals surface area contributed by atoms with Crippen molar-refractivity contribution in [2.45, 2.75) is 25.4 Å². The number of carbonyl (C=O) groups excluding carboxylic acids is 1. The Hall–Kier alpha value is -4.02. The Morgan fingerprint density at radius 1 is 1.29 bits per heavy atom. The number of anilines is 2. The third-order valence-corrected chi connectivity index (χ3v) is 6.24. The summed E-state index contributed by atoms with van der Waals surface area (Å²) in [7, 11) is 0. The van der Waals surface area contributed by atoms with E-state index in [2.05, 4.69) is 20.3 Å². The molecule has 0 spiro atoms. The number of aliphatic hydroxyl groups is 1. The highest BCUT2D eigenvalue weighted by Crippen LogP contribution is 2.41. The third-order valence-electron chi connectivity index (χ3n) is 6.01. The van der Waals surface area contributed by atoms with Gasteiger partial charge in [-0.25, -0.2) is 9.97 Å². The van der Waals surface area contributed by atoms with Gasteiger partial charge in [0.25, 0.3) is 5.69 Å². The molecule has 0 bridgehead atoms. The maximum absolute atomic E-state index is 14.6. The first-order valence-electron chi connectivity index (χ1n) is 10.7. The summed E-state index contributed by atoms with van der Waals surface area (Å²) in [5, 5.41) is 25.3. The van der Waals surface area contributed by atoms with E-state index in [1.54, 1.807) is 18.2 Å². The van der Waals surface area contributed by atoms with Gasteiger partial charge in [-0.05, 0) is 49.2 Å². The van der Waals surface area contributed by atoms with E-state index in [1.807, 2.05) is 6.07 Å². The number of carbonyl (C=O) groups is 1. The molecule has 1 aliphatic rings. The molecule has 1 aromatic carbocycles. The lowest BCUT2D eigenvalue weighted by Gasteiger charge is -2.17. The summed E-state index contributed by atoms with van der Waals surface area (Å²) in [6.07, 6.45) is 3.53. The van der Waals surface area contributed by atoms with Gasteiger partial charge >= 0.3 is 0 Å². The predicted octanol–water partition coefficient (Wildman–Crippen LogP) is 3.18. The van der Waals surface area contributed by atoms with Crippen molar-refractivity contribution in [2.75, 3.05) is 11.1 Å². The lowest BCUT2D eigenvalue weighted by molar-refractivity contribution is -0.912. The van der Waals surface area contributed by atoms with E-state index >= 15 is 0 Å². The van der Waals surface area contributed by atoms with Crippen molar-refractivity contribution >= 4 is 29.0 Å². The van der Waals surface area contributed by atoms with E-state index in [9.17, 15) is 19.5 Å². The summed E-state index contributed by atoms with van der Waals surface area (Å²) in [6.45, 7) is 1.30. The van der Waals surface area contributed by atoms with Gasteiger partial charge < -0.3 is 21.1 Å². The van der Waals surface area contributed by atoms with Gasteiger partial charge in [-0.3, -0.25) is 10.0 Å².